The third kappa shape index (κ3) is 5.38. The summed E-state index contributed by atoms with van der Waals surface area (Å²) in [6, 6.07) is 8.12. The van der Waals surface area contributed by atoms with Crippen LogP contribution in [0, 0.1) is 5.82 Å². The number of nitrogens with one attached hydrogen (secondary N) is 1. The van der Waals surface area contributed by atoms with Crippen molar-refractivity contribution in [1.29, 1.82) is 0 Å². The fourth-order valence-corrected chi connectivity index (χ4v) is 3.56. The number of imidazole rings is 1. The van der Waals surface area contributed by atoms with Crippen LogP contribution in [0.5, 0.6) is 5.75 Å². The molecule has 0 aliphatic carbocycles. The van der Waals surface area contributed by atoms with Crippen LogP contribution < -0.4 is 21.5 Å². The van der Waals surface area contributed by atoms with Crippen molar-refractivity contribution < 1.29 is 13.9 Å². The van der Waals surface area contributed by atoms with Gasteiger partial charge in [0, 0.05) is 67.4 Å². The Morgan fingerprint density at radius 2 is 2.09 bits per heavy atom. The molecule has 0 saturated heterocycles. The Balaban J connectivity index is 1.90. The summed E-state index contributed by atoms with van der Waals surface area (Å²) in [5.41, 5.74) is 16.2. The average molecular weight is 453 g/mol. The summed E-state index contributed by atoms with van der Waals surface area (Å²) in [7, 11) is 3.15. The van der Waals surface area contributed by atoms with Crippen molar-refractivity contribution >= 4 is 17.3 Å². The van der Waals surface area contributed by atoms with Crippen LogP contribution in [0.4, 0.5) is 4.39 Å². The molecule has 3 aromatic rings. The van der Waals surface area contributed by atoms with Gasteiger partial charge in [0.2, 0.25) is 0 Å². The quantitative estimate of drug-likeness (QED) is 0.340. The second-order valence-corrected chi connectivity index (χ2v) is 7.45. The van der Waals surface area contributed by atoms with Crippen LogP contribution >= 0.6 is 0 Å². The van der Waals surface area contributed by atoms with E-state index in [1.165, 1.54) is 19.2 Å². The number of hydrogen-bond donors (Lipinski definition) is 3. The minimum Gasteiger partial charge on any atom is -0.493 e. The third-order valence-corrected chi connectivity index (χ3v) is 5.41. The highest BCUT2D eigenvalue weighted by molar-refractivity contribution is 6.06. The minimum atomic E-state index is -0.377. The number of halogens is 1. The number of aromatic nitrogens is 2. The van der Waals surface area contributed by atoms with Gasteiger partial charge in [0.15, 0.2) is 0 Å². The molecule has 8 nitrogen and oxygen atoms in total. The van der Waals surface area contributed by atoms with Gasteiger partial charge in [-0.2, -0.15) is 0 Å². The number of carbonyl (C=O) groups is 1. The van der Waals surface area contributed by atoms with Crippen molar-refractivity contribution in [2.75, 3.05) is 27.2 Å². The molecule has 0 fully saturated rings. The number of amides is 1. The number of nitrogens with two attached hydrogens (primary N) is 2. The summed E-state index contributed by atoms with van der Waals surface area (Å²) in [4.78, 5) is 20.5. The van der Waals surface area contributed by atoms with Crippen LogP contribution in [-0.2, 0) is 11.2 Å². The standard InChI is InChI=1S/C24H29FN6O2/c1-15(28-2)19(23(27)24(32)29-3)9-11-33-21-6-5-17(25)12-20(21)16-4-7-22-30-13-18(8-10-26)31(22)14-16/h4-7,12-14H,8-11,26-27H2,1-3H3,(H,29,32)/b23-19-,28-15?. The number of carbonyl (C=O) groups excluding carboxylic acids is 1. The van der Waals surface area contributed by atoms with Gasteiger partial charge in [0.1, 0.15) is 22.9 Å². The normalized spacial score (nSPS) is 12.6. The summed E-state index contributed by atoms with van der Waals surface area (Å²) in [6.45, 7) is 2.51. The minimum absolute atomic E-state index is 0.0986. The van der Waals surface area contributed by atoms with E-state index in [1.807, 2.05) is 22.7 Å². The molecule has 0 spiro atoms. The first kappa shape index (κ1) is 23.9. The van der Waals surface area contributed by atoms with E-state index >= 15 is 0 Å². The first-order valence-corrected chi connectivity index (χ1v) is 10.6. The number of pyridine rings is 1. The van der Waals surface area contributed by atoms with Crippen LogP contribution in [0.2, 0.25) is 0 Å². The molecule has 33 heavy (non-hydrogen) atoms. The van der Waals surface area contributed by atoms with Gasteiger partial charge < -0.3 is 25.9 Å². The molecule has 0 unspecified atom stereocenters. The van der Waals surface area contributed by atoms with E-state index in [9.17, 15) is 9.18 Å². The lowest BCUT2D eigenvalue weighted by atomic mass is 10.0. The molecule has 5 N–H and O–H groups in total. The third-order valence-electron chi connectivity index (χ3n) is 5.41. The fraction of sp³-hybridized carbons (Fsp3) is 0.292. The zero-order valence-corrected chi connectivity index (χ0v) is 19.1. The van der Waals surface area contributed by atoms with Crippen LogP contribution in [0.25, 0.3) is 16.8 Å². The Morgan fingerprint density at radius 1 is 1.30 bits per heavy atom. The Kier molecular flexibility index (Phi) is 7.78. The number of benzene rings is 1. The fourth-order valence-electron chi connectivity index (χ4n) is 3.56. The highest BCUT2D eigenvalue weighted by atomic mass is 19.1. The molecule has 9 heteroatoms. The van der Waals surface area contributed by atoms with Crippen molar-refractivity contribution in [3.05, 3.63) is 65.5 Å². The molecular formula is C24H29FN6O2. The molecule has 3 rings (SSSR count). The van der Waals surface area contributed by atoms with Gasteiger partial charge in [-0.15, -0.1) is 0 Å². The van der Waals surface area contributed by atoms with Crippen molar-refractivity contribution in [3.8, 4) is 16.9 Å². The average Bonchev–Trinajstić information content (AvgIpc) is 3.23. The van der Waals surface area contributed by atoms with E-state index in [1.54, 1.807) is 26.2 Å². The molecule has 0 aliphatic heterocycles. The molecule has 0 atom stereocenters. The second-order valence-electron chi connectivity index (χ2n) is 7.45. The lowest BCUT2D eigenvalue weighted by Gasteiger charge is -2.15. The first-order valence-electron chi connectivity index (χ1n) is 10.6. The van der Waals surface area contributed by atoms with Gasteiger partial charge >= 0.3 is 0 Å². The van der Waals surface area contributed by atoms with E-state index in [0.717, 1.165) is 16.9 Å². The molecule has 1 aromatic carbocycles. The van der Waals surface area contributed by atoms with Crippen molar-refractivity contribution in [2.24, 2.45) is 16.5 Å². The molecule has 0 radical (unpaired) electrons. The molecule has 2 aromatic heterocycles. The predicted molar refractivity (Wildman–Crippen MR) is 128 cm³/mol. The maximum atomic E-state index is 14.1. The number of likely N-dealkylation sites (N-methyl/N-ethyl adjacent to an activating group) is 1. The topological polar surface area (TPSA) is 120 Å². The highest BCUT2D eigenvalue weighted by Crippen LogP contribution is 2.31. The van der Waals surface area contributed by atoms with Gasteiger partial charge in [-0.25, -0.2) is 9.37 Å². The summed E-state index contributed by atoms with van der Waals surface area (Å²) in [5, 5.41) is 2.52. The van der Waals surface area contributed by atoms with Crippen molar-refractivity contribution in [3.63, 3.8) is 0 Å². The van der Waals surface area contributed by atoms with Crippen molar-refractivity contribution in [2.45, 2.75) is 19.8 Å². The smallest absolute Gasteiger partial charge is 0.267 e. The highest BCUT2D eigenvalue weighted by Gasteiger charge is 2.15. The Morgan fingerprint density at radius 3 is 2.79 bits per heavy atom. The zero-order chi connectivity index (χ0) is 24.0. The van der Waals surface area contributed by atoms with Crippen molar-refractivity contribution in [1.82, 2.24) is 14.7 Å². The van der Waals surface area contributed by atoms with Gasteiger partial charge in [-0.1, -0.05) is 0 Å². The first-order chi connectivity index (χ1) is 15.9. The SMILES string of the molecule is CN=C(C)/C(CCOc1ccc(F)cc1-c1ccc2ncc(CCN)n2c1)=C(\N)C(=O)NC. The molecule has 2 heterocycles. The monoisotopic (exact) mass is 452 g/mol. The summed E-state index contributed by atoms with van der Waals surface area (Å²) in [5.74, 6) is -0.235. The zero-order valence-electron chi connectivity index (χ0n) is 19.1. The molecular weight excluding hydrogens is 423 g/mol. The van der Waals surface area contributed by atoms with Crippen LogP contribution in [0.15, 0.2) is 59.0 Å². The Labute approximate surface area is 192 Å². The predicted octanol–water partition coefficient (Wildman–Crippen LogP) is 2.46. The molecule has 0 aliphatic rings. The van der Waals surface area contributed by atoms with E-state index in [-0.39, 0.29) is 24.0 Å². The maximum absolute atomic E-state index is 14.1. The number of rotatable bonds is 9. The van der Waals surface area contributed by atoms with Gasteiger partial charge in [0.25, 0.3) is 5.91 Å². The van der Waals surface area contributed by atoms with Crippen LogP contribution in [-0.4, -0.2) is 48.3 Å². The van der Waals surface area contributed by atoms with Gasteiger partial charge in [0.05, 0.1) is 6.61 Å². The molecule has 174 valence electrons. The van der Waals surface area contributed by atoms with E-state index in [2.05, 4.69) is 15.3 Å². The summed E-state index contributed by atoms with van der Waals surface area (Å²) >= 11 is 0. The maximum Gasteiger partial charge on any atom is 0.267 e. The van der Waals surface area contributed by atoms with E-state index in [0.29, 0.717) is 42.0 Å². The number of aliphatic imine (C=N–C) groups is 1. The number of hydrogen-bond acceptors (Lipinski definition) is 6. The van der Waals surface area contributed by atoms with Crippen LogP contribution in [0.1, 0.15) is 19.0 Å². The van der Waals surface area contributed by atoms with E-state index in [4.69, 9.17) is 16.2 Å². The largest absolute Gasteiger partial charge is 0.493 e. The van der Waals surface area contributed by atoms with Gasteiger partial charge in [-0.05, 0) is 43.8 Å². The van der Waals surface area contributed by atoms with Gasteiger partial charge in [-0.3, -0.25) is 9.79 Å². The lowest BCUT2D eigenvalue weighted by molar-refractivity contribution is -0.117. The Hall–Kier alpha value is -3.72. The number of fused-ring (bicyclic) bond motifs is 1. The number of nitrogens with zero attached hydrogens (tertiary/aromatic N) is 3. The summed E-state index contributed by atoms with van der Waals surface area (Å²) in [6.07, 6.45) is 4.73. The molecule has 0 saturated carbocycles. The molecule has 1 amide bonds. The van der Waals surface area contributed by atoms with E-state index < -0.39 is 0 Å². The van der Waals surface area contributed by atoms with Crippen LogP contribution in [0.3, 0.4) is 0 Å². The number of ether oxygens (including phenoxy) is 1. The molecule has 0 bridgehead atoms. The second kappa shape index (κ2) is 10.7. The Bertz CT molecular complexity index is 1210. The lowest BCUT2D eigenvalue weighted by Crippen LogP contribution is -2.28. The summed E-state index contributed by atoms with van der Waals surface area (Å²) < 4.78 is 22.1.